The van der Waals surface area contributed by atoms with E-state index in [0.29, 0.717) is 24.0 Å². The Kier molecular flexibility index (Phi) is 11.6. The number of hydrogen-bond donors (Lipinski definition) is 4. The number of carbonyl (C=O) groups excluding carboxylic acids is 4. The van der Waals surface area contributed by atoms with E-state index in [0.717, 1.165) is 5.56 Å². The summed E-state index contributed by atoms with van der Waals surface area (Å²) in [6, 6.07) is 11.8. The standard InChI is InChI=1S/C25H34N5O5Si/c1-5-20(22(31)23(32)27-15-19-11-12-21(35-4)26-14-19)29-25(34)36(16-17(2)3)30-24(33)28-13-18-9-7-6-8-10-18/h6-12,14,17,20H,5,13,15-16H2,1-4H3,(H,27,32)(H,29,34)(H2,28,30,33). The molecule has 1 aromatic heterocycles. The molecule has 0 aliphatic carbocycles. The van der Waals surface area contributed by atoms with E-state index in [1.54, 1.807) is 19.1 Å². The minimum absolute atomic E-state index is 0.109. The highest BCUT2D eigenvalue weighted by molar-refractivity contribution is 6.89. The number of ketones is 1. The molecular formula is C25H34N5O5Si. The van der Waals surface area contributed by atoms with Crippen LogP contribution < -0.4 is 25.7 Å². The molecule has 2 rings (SSSR count). The van der Waals surface area contributed by atoms with Gasteiger partial charge in [-0.05, 0) is 29.5 Å². The third kappa shape index (κ3) is 9.49. The Balaban J connectivity index is 1.93. The van der Waals surface area contributed by atoms with E-state index in [2.05, 4.69) is 25.9 Å². The number of benzene rings is 1. The van der Waals surface area contributed by atoms with Gasteiger partial charge in [-0.15, -0.1) is 0 Å². The van der Waals surface area contributed by atoms with E-state index in [1.165, 1.54) is 13.3 Å². The van der Waals surface area contributed by atoms with Gasteiger partial charge in [0.1, 0.15) is 0 Å². The van der Waals surface area contributed by atoms with Crippen LogP contribution in [0.15, 0.2) is 48.7 Å². The van der Waals surface area contributed by atoms with Gasteiger partial charge in [-0.1, -0.05) is 57.2 Å². The molecule has 193 valence electrons. The summed E-state index contributed by atoms with van der Waals surface area (Å²) in [5.41, 5.74) is 1.21. The second-order valence-corrected chi connectivity index (χ2v) is 10.6. The molecular weight excluding hydrogens is 478 g/mol. The summed E-state index contributed by atoms with van der Waals surface area (Å²) in [6.07, 6.45) is 1.77. The lowest BCUT2D eigenvalue weighted by molar-refractivity contribution is -0.139. The van der Waals surface area contributed by atoms with E-state index < -0.39 is 38.3 Å². The zero-order chi connectivity index (χ0) is 26.5. The zero-order valence-electron chi connectivity index (χ0n) is 21.1. The van der Waals surface area contributed by atoms with Crippen molar-refractivity contribution in [3.63, 3.8) is 0 Å². The van der Waals surface area contributed by atoms with Crippen LogP contribution in [0, 0.1) is 5.92 Å². The highest BCUT2D eigenvalue weighted by atomic mass is 28.3. The molecule has 0 spiro atoms. The van der Waals surface area contributed by atoms with Gasteiger partial charge in [0.15, 0.2) is 0 Å². The average molecular weight is 513 g/mol. The molecule has 1 radical (unpaired) electrons. The van der Waals surface area contributed by atoms with Crippen LogP contribution in [0.5, 0.6) is 5.88 Å². The van der Waals surface area contributed by atoms with Gasteiger partial charge in [0.2, 0.25) is 17.2 Å². The number of carbonyl (C=O) groups is 4. The summed E-state index contributed by atoms with van der Waals surface area (Å²) in [5.74, 6) is -0.955. The van der Waals surface area contributed by atoms with E-state index in [1.807, 2.05) is 44.2 Å². The molecule has 0 saturated carbocycles. The molecule has 36 heavy (non-hydrogen) atoms. The van der Waals surface area contributed by atoms with Gasteiger partial charge >= 0.3 is 6.03 Å². The van der Waals surface area contributed by atoms with Gasteiger partial charge in [-0.3, -0.25) is 14.4 Å². The monoisotopic (exact) mass is 512 g/mol. The molecule has 4 N–H and O–H groups in total. The summed E-state index contributed by atoms with van der Waals surface area (Å²) in [4.78, 5) is 57.4. The highest BCUT2D eigenvalue weighted by Crippen LogP contribution is 2.08. The molecule has 11 heteroatoms. The van der Waals surface area contributed by atoms with Crippen molar-refractivity contribution in [3.8, 4) is 5.88 Å². The van der Waals surface area contributed by atoms with Crippen molar-refractivity contribution in [2.24, 2.45) is 5.92 Å². The number of Topliss-reactive ketones (excluding diaryl/α,β-unsaturated/α-hetero) is 1. The predicted octanol–water partition coefficient (Wildman–Crippen LogP) is 2.49. The number of nitrogens with one attached hydrogen (secondary N) is 4. The molecule has 1 unspecified atom stereocenters. The van der Waals surface area contributed by atoms with Crippen molar-refractivity contribution in [2.75, 3.05) is 7.11 Å². The van der Waals surface area contributed by atoms with Crippen molar-refractivity contribution in [1.82, 2.24) is 25.9 Å². The van der Waals surface area contributed by atoms with Gasteiger partial charge in [-0.25, -0.2) is 9.78 Å². The summed E-state index contributed by atoms with van der Waals surface area (Å²) in [6.45, 7) is 6.04. The molecule has 0 aliphatic rings. The van der Waals surface area contributed by atoms with Crippen molar-refractivity contribution in [3.05, 3.63) is 59.8 Å². The predicted molar refractivity (Wildman–Crippen MR) is 137 cm³/mol. The largest absolute Gasteiger partial charge is 0.481 e. The van der Waals surface area contributed by atoms with Gasteiger partial charge < -0.3 is 25.7 Å². The smallest absolute Gasteiger partial charge is 0.307 e. The van der Waals surface area contributed by atoms with Crippen molar-refractivity contribution < 1.29 is 23.9 Å². The van der Waals surface area contributed by atoms with Crippen LogP contribution in [0.2, 0.25) is 6.04 Å². The maximum Gasteiger partial charge on any atom is 0.307 e. The molecule has 1 atom stereocenters. The van der Waals surface area contributed by atoms with Gasteiger partial charge in [0, 0.05) is 25.4 Å². The summed E-state index contributed by atoms with van der Waals surface area (Å²) in [7, 11) is -0.563. The van der Waals surface area contributed by atoms with Crippen LogP contribution in [0.4, 0.5) is 9.59 Å². The topological polar surface area (TPSA) is 139 Å². The molecule has 4 amide bonds. The minimum Gasteiger partial charge on any atom is -0.481 e. The number of pyridine rings is 1. The number of ether oxygens (including phenoxy) is 1. The molecule has 0 aliphatic heterocycles. The Morgan fingerprint density at radius 3 is 2.25 bits per heavy atom. The fourth-order valence-corrected chi connectivity index (χ4v) is 5.16. The number of hydrogen-bond acceptors (Lipinski definition) is 6. The lowest BCUT2D eigenvalue weighted by Crippen LogP contribution is -2.57. The summed E-state index contributed by atoms with van der Waals surface area (Å²) in [5, 5.41) is 7.98. The number of urea groups is 1. The molecule has 10 nitrogen and oxygen atoms in total. The first-order chi connectivity index (χ1) is 17.2. The van der Waals surface area contributed by atoms with Crippen LogP contribution in [-0.4, -0.2) is 50.3 Å². The molecule has 0 bridgehead atoms. The Bertz CT molecular complexity index is 1020. The van der Waals surface area contributed by atoms with Gasteiger partial charge in [0.05, 0.1) is 13.2 Å². The van der Waals surface area contributed by atoms with Gasteiger partial charge in [-0.2, -0.15) is 0 Å². The first-order valence-electron chi connectivity index (χ1n) is 11.8. The third-order valence-corrected chi connectivity index (χ3v) is 7.61. The maximum absolute atomic E-state index is 13.0. The second-order valence-electron chi connectivity index (χ2n) is 8.56. The van der Waals surface area contributed by atoms with E-state index in [4.69, 9.17) is 4.74 Å². The summed E-state index contributed by atoms with van der Waals surface area (Å²) >= 11 is 0. The Labute approximate surface area is 213 Å². The van der Waals surface area contributed by atoms with Crippen LogP contribution in [0.3, 0.4) is 0 Å². The highest BCUT2D eigenvalue weighted by Gasteiger charge is 2.31. The first-order valence-corrected chi connectivity index (χ1v) is 13.5. The number of nitrogens with zero attached hydrogens (tertiary/aromatic N) is 1. The number of aromatic nitrogens is 1. The zero-order valence-corrected chi connectivity index (χ0v) is 22.1. The maximum atomic E-state index is 13.0. The number of methoxy groups -OCH3 is 1. The minimum atomic E-state index is -2.06. The summed E-state index contributed by atoms with van der Waals surface area (Å²) < 4.78 is 5.00. The lowest BCUT2D eigenvalue weighted by atomic mass is 10.1. The van der Waals surface area contributed by atoms with Crippen LogP contribution >= 0.6 is 0 Å². The van der Waals surface area contributed by atoms with Crippen molar-refractivity contribution in [1.29, 1.82) is 0 Å². The Hall–Kier alpha value is -3.73. The quantitative estimate of drug-likeness (QED) is 0.240. The van der Waals surface area contributed by atoms with E-state index in [-0.39, 0.29) is 18.9 Å². The molecule has 0 saturated heterocycles. The Morgan fingerprint density at radius 2 is 1.67 bits per heavy atom. The van der Waals surface area contributed by atoms with Crippen LogP contribution in [0.1, 0.15) is 38.3 Å². The van der Waals surface area contributed by atoms with E-state index >= 15 is 0 Å². The van der Waals surface area contributed by atoms with Crippen LogP contribution in [0.25, 0.3) is 0 Å². The lowest BCUT2D eigenvalue weighted by Gasteiger charge is -2.21. The molecule has 1 heterocycles. The number of rotatable bonds is 13. The molecule has 2 aromatic rings. The van der Waals surface area contributed by atoms with Crippen LogP contribution in [-0.2, 0) is 22.7 Å². The van der Waals surface area contributed by atoms with Gasteiger partial charge in [0.25, 0.3) is 14.9 Å². The fraction of sp³-hybridized carbons (Fsp3) is 0.400. The second kappa shape index (κ2) is 14.6. The van der Waals surface area contributed by atoms with Crippen molar-refractivity contribution in [2.45, 2.75) is 52.4 Å². The average Bonchev–Trinajstić information content (AvgIpc) is 2.88. The van der Waals surface area contributed by atoms with Crippen molar-refractivity contribution >= 4 is 32.2 Å². The number of amides is 4. The Morgan fingerprint density at radius 1 is 0.972 bits per heavy atom. The van der Waals surface area contributed by atoms with E-state index in [9.17, 15) is 19.2 Å². The SMILES string of the molecule is CCC(NC(=O)[Si](CC(C)C)NC(=O)NCc1ccccc1)C(=O)C(=O)NCc1ccc(OC)nc1. The molecule has 1 aromatic carbocycles. The first kappa shape index (κ1) is 28.5. The fourth-order valence-electron chi connectivity index (χ4n) is 3.23. The molecule has 0 fully saturated rings. The normalized spacial score (nSPS) is 11.5. The third-order valence-electron chi connectivity index (χ3n) is 5.16.